The molecule has 0 aliphatic heterocycles. The molecular formula is C78H54N2. The summed E-state index contributed by atoms with van der Waals surface area (Å²) in [6.45, 7) is 0. The van der Waals surface area contributed by atoms with E-state index < -0.39 is 0 Å². The Balaban J connectivity index is 0.922. The molecular weight excluding hydrogens is 965 g/mol. The molecule has 0 saturated carbocycles. The summed E-state index contributed by atoms with van der Waals surface area (Å²) in [5, 5.41) is 9.79. The summed E-state index contributed by atoms with van der Waals surface area (Å²) < 4.78 is 4.86. The van der Waals surface area contributed by atoms with Gasteiger partial charge in [-0.3, -0.25) is 0 Å². The Morgan fingerprint density at radius 3 is 1.14 bits per heavy atom. The van der Waals surface area contributed by atoms with Crippen molar-refractivity contribution in [2.45, 2.75) is 12.3 Å². The van der Waals surface area contributed by atoms with E-state index in [0.29, 0.717) is 5.92 Å². The highest BCUT2D eigenvalue weighted by molar-refractivity contribution is 6.23. The highest BCUT2D eigenvalue weighted by Gasteiger charge is 2.22. The third-order valence-electron chi connectivity index (χ3n) is 16.5. The van der Waals surface area contributed by atoms with Crippen molar-refractivity contribution in [3.8, 4) is 89.7 Å². The largest absolute Gasteiger partial charge is 0.313 e. The second kappa shape index (κ2) is 19.9. The monoisotopic (exact) mass is 1020 g/mol. The van der Waals surface area contributed by atoms with E-state index >= 15 is 0 Å². The van der Waals surface area contributed by atoms with E-state index in [2.05, 4.69) is 319 Å². The molecule has 0 saturated heterocycles. The Morgan fingerprint density at radius 1 is 0.263 bits per heavy atom. The van der Waals surface area contributed by atoms with E-state index in [-0.39, 0.29) is 0 Å². The molecule has 0 spiro atoms. The molecule has 1 unspecified atom stereocenters. The van der Waals surface area contributed by atoms with Crippen LogP contribution in [-0.4, -0.2) is 9.13 Å². The van der Waals surface area contributed by atoms with Crippen LogP contribution >= 0.6 is 0 Å². The van der Waals surface area contributed by atoms with Gasteiger partial charge < -0.3 is 9.13 Å². The van der Waals surface area contributed by atoms with Crippen LogP contribution in [0.4, 0.5) is 0 Å². The standard InChI is InChI=1S/C78H54N2/c1-5-19-57(20-6-1)73-45-46-74(58-21-7-2-8-22-58)79(73)67-39-33-55(34-40-67)63-37-43-69-71(51-63)78(66-32-30-54-18-14-16-28-62(54)50-66)72-52-64(38-44-70(72)77(69)65-31-29-53-17-13-15-27-61(53)49-65)56-35-41-68(42-36-56)80-75(59-23-9-3-10-24-59)47-48-76(80)60-25-11-4-12-26-60/h1-25,27-52,60H,26H2. The quantitative estimate of drug-likeness (QED) is 0.121. The van der Waals surface area contributed by atoms with Gasteiger partial charge >= 0.3 is 0 Å². The Labute approximate surface area is 466 Å². The maximum absolute atomic E-state index is 2.46. The highest BCUT2D eigenvalue weighted by atomic mass is 15.0. The van der Waals surface area contributed by atoms with Gasteiger partial charge in [-0.1, -0.05) is 237 Å². The maximum atomic E-state index is 2.46. The molecule has 0 radical (unpaired) electrons. The van der Waals surface area contributed by atoms with E-state index in [1.54, 1.807) is 0 Å². The molecule has 1 aliphatic carbocycles. The lowest BCUT2D eigenvalue weighted by molar-refractivity contribution is 0.786. The van der Waals surface area contributed by atoms with Crippen LogP contribution in [0, 0.1) is 0 Å². The van der Waals surface area contributed by atoms with Gasteiger partial charge in [-0.15, -0.1) is 0 Å². The fourth-order valence-corrected chi connectivity index (χ4v) is 12.6. The maximum Gasteiger partial charge on any atom is 0.0535 e. The molecule has 0 bridgehead atoms. The molecule has 12 aromatic carbocycles. The Hall–Kier alpha value is -10.3. The van der Waals surface area contributed by atoms with Crippen molar-refractivity contribution >= 4 is 43.1 Å². The van der Waals surface area contributed by atoms with Crippen LogP contribution in [0.25, 0.3) is 133 Å². The molecule has 15 rings (SSSR count). The van der Waals surface area contributed by atoms with Gasteiger partial charge in [0.2, 0.25) is 0 Å². The zero-order valence-corrected chi connectivity index (χ0v) is 44.1. The third kappa shape index (κ3) is 8.38. The van der Waals surface area contributed by atoms with Crippen molar-refractivity contribution in [3.05, 3.63) is 315 Å². The Bertz CT molecular complexity index is 4630. The molecule has 376 valence electrons. The lowest BCUT2D eigenvalue weighted by Crippen LogP contribution is -2.07. The van der Waals surface area contributed by atoms with Gasteiger partial charge in [0.05, 0.1) is 17.1 Å². The number of nitrogens with zero attached hydrogens (tertiary/aromatic N) is 2. The smallest absolute Gasteiger partial charge is 0.0535 e. The average molecular weight is 1020 g/mol. The number of benzene rings is 12. The summed E-state index contributed by atoms with van der Waals surface area (Å²) >= 11 is 0. The molecule has 80 heavy (non-hydrogen) atoms. The Kier molecular flexibility index (Phi) is 11.7. The molecule has 0 fully saturated rings. The lowest BCUT2D eigenvalue weighted by atomic mass is 9.83. The van der Waals surface area contributed by atoms with Crippen LogP contribution in [0.2, 0.25) is 0 Å². The molecule has 14 aromatic rings. The zero-order chi connectivity index (χ0) is 52.9. The molecule has 1 aliphatic rings. The van der Waals surface area contributed by atoms with Crippen molar-refractivity contribution in [2.75, 3.05) is 0 Å². The minimum absolute atomic E-state index is 0.295. The molecule has 0 amide bonds. The summed E-state index contributed by atoms with van der Waals surface area (Å²) in [5.41, 5.74) is 20.2. The minimum atomic E-state index is 0.295. The van der Waals surface area contributed by atoms with Gasteiger partial charge in [0.15, 0.2) is 0 Å². The summed E-state index contributed by atoms with van der Waals surface area (Å²) in [4.78, 5) is 0. The van der Waals surface area contributed by atoms with E-state index in [0.717, 1.165) is 34.7 Å². The molecule has 2 nitrogen and oxygen atoms in total. The van der Waals surface area contributed by atoms with Crippen LogP contribution in [0.1, 0.15) is 18.0 Å². The van der Waals surface area contributed by atoms with Gasteiger partial charge in [0.25, 0.3) is 0 Å². The van der Waals surface area contributed by atoms with Gasteiger partial charge in [0.1, 0.15) is 0 Å². The molecule has 2 aromatic heterocycles. The zero-order valence-electron chi connectivity index (χ0n) is 44.1. The van der Waals surface area contributed by atoms with Crippen LogP contribution in [0.5, 0.6) is 0 Å². The molecule has 0 N–H and O–H groups in total. The first-order valence-corrected chi connectivity index (χ1v) is 27.8. The van der Waals surface area contributed by atoms with Crippen molar-refractivity contribution in [2.24, 2.45) is 0 Å². The highest BCUT2D eigenvalue weighted by Crippen LogP contribution is 2.47. The molecule has 1 atom stereocenters. The lowest BCUT2D eigenvalue weighted by Gasteiger charge is -2.21. The predicted molar refractivity (Wildman–Crippen MR) is 339 cm³/mol. The van der Waals surface area contributed by atoms with Crippen molar-refractivity contribution in [1.29, 1.82) is 0 Å². The number of allylic oxidation sites excluding steroid dienone is 4. The summed E-state index contributed by atoms with van der Waals surface area (Å²) in [7, 11) is 0. The third-order valence-corrected chi connectivity index (χ3v) is 16.5. The van der Waals surface area contributed by atoms with E-state index in [1.807, 2.05) is 0 Å². The van der Waals surface area contributed by atoms with E-state index in [9.17, 15) is 0 Å². The van der Waals surface area contributed by atoms with Gasteiger partial charge in [0, 0.05) is 23.0 Å². The molecule has 2 heterocycles. The minimum Gasteiger partial charge on any atom is -0.313 e. The normalized spacial score (nSPS) is 13.2. The Morgan fingerprint density at radius 2 is 0.662 bits per heavy atom. The SMILES string of the molecule is C1=CCC(c2ccc(-c3ccccc3)n2-c2ccc(-c3ccc4c(-c5ccc6ccccc6c5)c5ccc(-c6ccc(-n7c(-c8ccccc8)ccc7-c7ccccc7)cc6)cc5c(-c5ccc6ccccc6c5)c4c3)cc2)C=C1. The van der Waals surface area contributed by atoms with Crippen molar-refractivity contribution in [1.82, 2.24) is 9.13 Å². The van der Waals surface area contributed by atoms with Crippen LogP contribution in [0.15, 0.2) is 309 Å². The average Bonchev–Trinajstić information content (AvgIpc) is 4.30. The second-order valence-corrected chi connectivity index (χ2v) is 21.2. The second-order valence-electron chi connectivity index (χ2n) is 21.2. The first kappa shape index (κ1) is 47.0. The van der Waals surface area contributed by atoms with E-state index in [4.69, 9.17) is 0 Å². The first-order valence-electron chi connectivity index (χ1n) is 27.8. The molecule has 2 heteroatoms. The number of hydrogen-bond acceptors (Lipinski definition) is 0. The predicted octanol–water partition coefficient (Wildman–Crippen LogP) is 21.1. The number of rotatable bonds is 10. The van der Waals surface area contributed by atoms with Gasteiger partial charge in [-0.2, -0.15) is 0 Å². The summed E-state index contributed by atoms with van der Waals surface area (Å²) in [5.74, 6) is 0.295. The number of fused-ring (bicyclic) bond motifs is 4. The summed E-state index contributed by atoms with van der Waals surface area (Å²) in [6, 6.07) is 105. The first-order chi connectivity index (χ1) is 39.7. The van der Waals surface area contributed by atoms with Gasteiger partial charge in [-0.25, -0.2) is 0 Å². The number of hydrogen-bond donors (Lipinski definition) is 0. The fourth-order valence-electron chi connectivity index (χ4n) is 12.6. The summed E-state index contributed by atoms with van der Waals surface area (Å²) in [6.07, 6.45) is 9.93. The van der Waals surface area contributed by atoms with Gasteiger partial charge in [-0.05, 0) is 184 Å². The van der Waals surface area contributed by atoms with Crippen LogP contribution in [-0.2, 0) is 0 Å². The van der Waals surface area contributed by atoms with Crippen molar-refractivity contribution < 1.29 is 0 Å². The van der Waals surface area contributed by atoms with Crippen molar-refractivity contribution in [3.63, 3.8) is 0 Å². The number of aromatic nitrogens is 2. The van der Waals surface area contributed by atoms with E-state index in [1.165, 1.54) is 110 Å². The van der Waals surface area contributed by atoms with Crippen LogP contribution < -0.4 is 0 Å². The topological polar surface area (TPSA) is 9.86 Å². The fraction of sp³-hybridized carbons (Fsp3) is 0.0256. The van der Waals surface area contributed by atoms with Crippen LogP contribution in [0.3, 0.4) is 0 Å².